The summed E-state index contributed by atoms with van der Waals surface area (Å²) in [5, 5.41) is 0. The molecule has 1 rings (SSSR count). The Balaban J connectivity index is 2.60. The van der Waals surface area contributed by atoms with Crippen LogP contribution in [0.5, 0.6) is 0 Å². The lowest BCUT2D eigenvalue weighted by molar-refractivity contribution is -0.108. The van der Waals surface area contributed by atoms with Crippen LogP contribution in [0.25, 0.3) is 0 Å². The van der Waals surface area contributed by atoms with Gasteiger partial charge in [0.25, 0.3) is 0 Å². The van der Waals surface area contributed by atoms with Crippen molar-refractivity contribution in [1.82, 2.24) is 4.90 Å². The number of halogens is 1. The molecule has 1 saturated heterocycles. The topological polar surface area (TPSA) is 46.6 Å². The highest BCUT2D eigenvalue weighted by Crippen LogP contribution is 2.25. The van der Waals surface area contributed by atoms with Gasteiger partial charge in [-0.25, -0.2) is 9.18 Å². The monoisotopic (exact) mass is 245 g/mol. The third kappa shape index (κ3) is 4.32. The van der Waals surface area contributed by atoms with Gasteiger partial charge in [-0.05, 0) is 27.2 Å². The maximum absolute atomic E-state index is 13.3. The van der Waals surface area contributed by atoms with Crippen LogP contribution >= 0.6 is 0 Å². The Morgan fingerprint density at radius 1 is 1.53 bits per heavy atom. The average molecular weight is 245 g/mol. The van der Waals surface area contributed by atoms with E-state index in [1.165, 1.54) is 4.90 Å². The van der Waals surface area contributed by atoms with Gasteiger partial charge in [-0.1, -0.05) is 0 Å². The third-order valence-electron chi connectivity index (χ3n) is 2.61. The number of hydrogen-bond donors (Lipinski definition) is 0. The third-order valence-corrected chi connectivity index (χ3v) is 2.61. The molecule has 0 bridgehead atoms. The van der Waals surface area contributed by atoms with Crippen LogP contribution in [0.1, 0.15) is 40.0 Å². The molecule has 17 heavy (non-hydrogen) atoms. The standard InChI is InChI=1S/C12H20FNO3/c1-12(2,3)17-11(16)14-8-9(13)7-10(14)5-4-6-15/h6,9-10H,4-5,7-8H2,1-3H3/t9-,10?/m1/s1. The zero-order valence-corrected chi connectivity index (χ0v) is 10.6. The summed E-state index contributed by atoms with van der Waals surface area (Å²) < 4.78 is 18.5. The van der Waals surface area contributed by atoms with E-state index in [0.717, 1.165) is 6.29 Å². The second kappa shape index (κ2) is 5.47. The highest BCUT2D eigenvalue weighted by atomic mass is 19.1. The number of likely N-dealkylation sites (tertiary alicyclic amines) is 1. The Labute approximate surface area is 101 Å². The fraction of sp³-hybridized carbons (Fsp3) is 0.833. The van der Waals surface area contributed by atoms with Crippen LogP contribution in [0.2, 0.25) is 0 Å². The average Bonchev–Trinajstić information content (AvgIpc) is 2.54. The summed E-state index contributed by atoms with van der Waals surface area (Å²) in [4.78, 5) is 23.6. The molecule has 0 aliphatic carbocycles. The van der Waals surface area contributed by atoms with Crippen molar-refractivity contribution in [2.75, 3.05) is 6.54 Å². The first-order valence-electron chi connectivity index (χ1n) is 5.91. The lowest BCUT2D eigenvalue weighted by Gasteiger charge is -2.28. The molecule has 0 aromatic heterocycles. The van der Waals surface area contributed by atoms with Gasteiger partial charge in [0, 0.05) is 18.9 Å². The number of amides is 1. The molecule has 0 saturated carbocycles. The smallest absolute Gasteiger partial charge is 0.410 e. The Bertz CT molecular complexity index is 288. The summed E-state index contributed by atoms with van der Waals surface area (Å²) in [5.41, 5.74) is -0.583. The maximum atomic E-state index is 13.3. The van der Waals surface area contributed by atoms with Gasteiger partial charge in [0.1, 0.15) is 18.1 Å². The summed E-state index contributed by atoms with van der Waals surface area (Å²) in [6.45, 7) is 5.38. The first-order valence-corrected chi connectivity index (χ1v) is 5.91. The van der Waals surface area contributed by atoms with E-state index in [4.69, 9.17) is 4.74 Å². The summed E-state index contributed by atoms with van der Waals surface area (Å²) in [5.74, 6) is 0. The zero-order chi connectivity index (χ0) is 13.1. The van der Waals surface area contributed by atoms with E-state index in [1.807, 2.05) is 0 Å². The fourth-order valence-electron chi connectivity index (χ4n) is 1.94. The van der Waals surface area contributed by atoms with Gasteiger partial charge in [0.05, 0.1) is 6.54 Å². The van der Waals surface area contributed by atoms with Crippen LogP contribution in [-0.2, 0) is 9.53 Å². The molecule has 1 amide bonds. The van der Waals surface area contributed by atoms with E-state index in [-0.39, 0.29) is 12.6 Å². The molecule has 1 unspecified atom stereocenters. The molecular formula is C12H20FNO3. The van der Waals surface area contributed by atoms with Crippen LogP contribution in [0.3, 0.4) is 0 Å². The minimum Gasteiger partial charge on any atom is -0.444 e. The van der Waals surface area contributed by atoms with Gasteiger partial charge in [0.15, 0.2) is 0 Å². The van der Waals surface area contributed by atoms with E-state index in [0.29, 0.717) is 19.3 Å². The second-order valence-electron chi connectivity index (χ2n) is 5.36. The summed E-state index contributed by atoms with van der Waals surface area (Å²) in [6, 6.07) is -0.218. The van der Waals surface area contributed by atoms with E-state index < -0.39 is 17.9 Å². The number of alkyl halides is 1. The molecule has 4 nitrogen and oxygen atoms in total. The summed E-state index contributed by atoms with van der Waals surface area (Å²) in [7, 11) is 0. The summed E-state index contributed by atoms with van der Waals surface area (Å²) >= 11 is 0. The predicted octanol–water partition coefficient (Wildman–Crippen LogP) is 2.31. The van der Waals surface area contributed by atoms with Gasteiger partial charge in [0.2, 0.25) is 0 Å². The first kappa shape index (κ1) is 13.9. The lowest BCUT2D eigenvalue weighted by atomic mass is 10.1. The molecule has 0 aromatic carbocycles. The number of hydrogen-bond acceptors (Lipinski definition) is 3. The molecule has 1 fully saturated rings. The van der Waals surface area contributed by atoms with Crippen LogP contribution in [0.4, 0.5) is 9.18 Å². The van der Waals surface area contributed by atoms with E-state index in [1.54, 1.807) is 20.8 Å². The van der Waals surface area contributed by atoms with Gasteiger partial charge >= 0.3 is 6.09 Å². The Morgan fingerprint density at radius 2 is 2.18 bits per heavy atom. The Kier molecular flexibility index (Phi) is 4.48. The van der Waals surface area contributed by atoms with Crippen molar-refractivity contribution >= 4 is 12.4 Å². The van der Waals surface area contributed by atoms with Gasteiger partial charge in [-0.3, -0.25) is 0 Å². The SMILES string of the molecule is CC(C)(C)OC(=O)N1C[C@H](F)CC1CCC=O. The van der Waals surface area contributed by atoms with Crippen molar-refractivity contribution in [3.8, 4) is 0 Å². The van der Waals surface area contributed by atoms with Crippen LogP contribution < -0.4 is 0 Å². The zero-order valence-electron chi connectivity index (χ0n) is 10.6. The van der Waals surface area contributed by atoms with Gasteiger partial charge < -0.3 is 14.4 Å². The Hall–Kier alpha value is -1.13. The number of aldehydes is 1. The molecular weight excluding hydrogens is 225 g/mol. The minimum atomic E-state index is -1.01. The van der Waals surface area contributed by atoms with E-state index >= 15 is 0 Å². The van der Waals surface area contributed by atoms with Crippen LogP contribution in [0, 0.1) is 0 Å². The number of rotatable bonds is 3. The normalized spacial score (nSPS) is 24.8. The van der Waals surface area contributed by atoms with Crippen molar-refractivity contribution in [3.05, 3.63) is 0 Å². The van der Waals surface area contributed by atoms with Crippen molar-refractivity contribution < 1.29 is 18.7 Å². The number of ether oxygens (including phenoxy) is 1. The lowest BCUT2D eigenvalue weighted by Crippen LogP contribution is -2.40. The second-order valence-corrected chi connectivity index (χ2v) is 5.36. The number of carbonyl (C=O) groups excluding carboxylic acids is 2. The molecule has 98 valence electrons. The van der Waals surface area contributed by atoms with Crippen molar-refractivity contribution in [3.63, 3.8) is 0 Å². The quantitative estimate of drug-likeness (QED) is 0.717. The highest BCUT2D eigenvalue weighted by Gasteiger charge is 2.37. The molecule has 1 aliphatic rings. The molecule has 0 aromatic rings. The Morgan fingerprint density at radius 3 is 2.71 bits per heavy atom. The molecule has 0 spiro atoms. The number of carbonyl (C=O) groups is 2. The highest BCUT2D eigenvalue weighted by molar-refractivity contribution is 5.69. The maximum Gasteiger partial charge on any atom is 0.410 e. The van der Waals surface area contributed by atoms with Gasteiger partial charge in [-0.2, -0.15) is 0 Å². The van der Waals surface area contributed by atoms with Crippen LogP contribution in [-0.4, -0.2) is 41.6 Å². The van der Waals surface area contributed by atoms with E-state index in [2.05, 4.69) is 0 Å². The minimum absolute atomic E-state index is 0.0679. The summed E-state index contributed by atoms with van der Waals surface area (Å²) in [6.07, 6.45) is 0.430. The molecule has 1 aliphatic heterocycles. The molecule has 5 heteroatoms. The molecule has 2 atom stereocenters. The first-order chi connectivity index (χ1) is 7.83. The molecule has 0 radical (unpaired) electrons. The van der Waals surface area contributed by atoms with Crippen molar-refractivity contribution in [1.29, 1.82) is 0 Å². The van der Waals surface area contributed by atoms with Crippen molar-refractivity contribution in [2.24, 2.45) is 0 Å². The van der Waals surface area contributed by atoms with E-state index in [9.17, 15) is 14.0 Å². The predicted molar refractivity (Wildman–Crippen MR) is 61.5 cm³/mol. The molecule has 1 heterocycles. The fourth-order valence-corrected chi connectivity index (χ4v) is 1.94. The molecule has 0 N–H and O–H groups in total. The number of nitrogens with zero attached hydrogens (tertiary/aromatic N) is 1. The van der Waals surface area contributed by atoms with Crippen molar-refractivity contribution in [2.45, 2.75) is 57.8 Å². The largest absolute Gasteiger partial charge is 0.444 e. The van der Waals surface area contributed by atoms with Gasteiger partial charge in [-0.15, -0.1) is 0 Å². The van der Waals surface area contributed by atoms with Crippen LogP contribution in [0.15, 0.2) is 0 Å².